The minimum absolute atomic E-state index is 0.272. The molecule has 0 spiro atoms. The molecule has 0 radical (unpaired) electrons. The summed E-state index contributed by atoms with van der Waals surface area (Å²) in [6.07, 6.45) is 5.27. The Kier molecular flexibility index (Phi) is 3.22. The number of hydrogen-bond donors (Lipinski definition) is 0. The first kappa shape index (κ1) is 11.1. The first-order valence-corrected chi connectivity index (χ1v) is 6.00. The fraction of sp³-hybridized carbons (Fsp3) is 0.538. The lowest BCUT2D eigenvalue weighted by atomic mass is 10.1. The molecule has 3 heteroatoms. The third kappa shape index (κ3) is 2.23. The molecule has 86 valence electrons. The predicted molar refractivity (Wildman–Crippen MR) is 63.3 cm³/mol. The van der Waals surface area contributed by atoms with Crippen LogP contribution in [0.1, 0.15) is 38.1 Å². The summed E-state index contributed by atoms with van der Waals surface area (Å²) < 4.78 is 2.04. The molecular formula is C13H18N2O. The second kappa shape index (κ2) is 4.64. The Bertz CT molecular complexity index is 429. The number of nitrogens with zero attached hydrogens (tertiary/aromatic N) is 2. The van der Waals surface area contributed by atoms with Crippen molar-refractivity contribution < 1.29 is 4.79 Å². The van der Waals surface area contributed by atoms with E-state index in [-0.39, 0.29) is 5.78 Å². The van der Waals surface area contributed by atoms with Gasteiger partial charge in [0, 0.05) is 25.1 Å². The fourth-order valence-corrected chi connectivity index (χ4v) is 2.13. The summed E-state index contributed by atoms with van der Waals surface area (Å²) in [6.45, 7) is 5.12. The van der Waals surface area contributed by atoms with E-state index in [1.807, 2.05) is 4.68 Å². The molecule has 0 aliphatic heterocycles. The van der Waals surface area contributed by atoms with Crippen LogP contribution in [0.2, 0.25) is 0 Å². The highest BCUT2D eigenvalue weighted by Crippen LogP contribution is 2.20. The molecule has 16 heavy (non-hydrogen) atoms. The van der Waals surface area contributed by atoms with Gasteiger partial charge in [-0.3, -0.25) is 9.48 Å². The van der Waals surface area contributed by atoms with Crippen LogP contribution < -0.4 is 0 Å². The third-order valence-electron chi connectivity index (χ3n) is 3.04. The lowest BCUT2D eigenvalue weighted by molar-refractivity contribution is -0.114. The van der Waals surface area contributed by atoms with Crippen LogP contribution in [-0.2, 0) is 24.2 Å². The van der Waals surface area contributed by atoms with Gasteiger partial charge >= 0.3 is 0 Å². The number of carbonyl (C=O) groups is 1. The zero-order chi connectivity index (χ0) is 11.5. The van der Waals surface area contributed by atoms with E-state index in [0.29, 0.717) is 6.42 Å². The van der Waals surface area contributed by atoms with Gasteiger partial charge in [0.1, 0.15) is 0 Å². The van der Waals surface area contributed by atoms with Crippen LogP contribution in [0.3, 0.4) is 0 Å². The summed E-state index contributed by atoms with van der Waals surface area (Å²) in [5, 5.41) is 4.51. The second-order valence-electron chi connectivity index (χ2n) is 4.24. The SMILES string of the molecule is CCc1cc(CC2=CC(=O)CC2)n(CC)n1. The number of aromatic nitrogens is 2. The van der Waals surface area contributed by atoms with Crippen molar-refractivity contribution in [3.63, 3.8) is 0 Å². The maximum absolute atomic E-state index is 11.2. The van der Waals surface area contributed by atoms with E-state index >= 15 is 0 Å². The van der Waals surface area contributed by atoms with Crippen LogP contribution in [0.15, 0.2) is 17.7 Å². The first-order chi connectivity index (χ1) is 7.72. The molecule has 1 aromatic rings. The number of aryl methyl sites for hydroxylation is 2. The van der Waals surface area contributed by atoms with E-state index in [2.05, 4.69) is 25.0 Å². The average Bonchev–Trinajstić information content (AvgIpc) is 2.85. The Labute approximate surface area is 96.2 Å². The van der Waals surface area contributed by atoms with E-state index in [0.717, 1.165) is 31.5 Å². The Morgan fingerprint density at radius 3 is 2.75 bits per heavy atom. The molecule has 0 N–H and O–H groups in total. The fourth-order valence-electron chi connectivity index (χ4n) is 2.13. The lowest BCUT2D eigenvalue weighted by Crippen LogP contribution is -2.03. The Morgan fingerprint density at radius 1 is 1.38 bits per heavy atom. The number of hydrogen-bond acceptors (Lipinski definition) is 2. The van der Waals surface area contributed by atoms with E-state index in [9.17, 15) is 4.79 Å². The number of carbonyl (C=O) groups excluding carboxylic acids is 1. The van der Waals surface area contributed by atoms with Gasteiger partial charge in [-0.1, -0.05) is 12.5 Å². The Hall–Kier alpha value is -1.38. The molecular weight excluding hydrogens is 200 g/mol. The highest BCUT2D eigenvalue weighted by atomic mass is 16.1. The van der Waals surface area contributed by atoms with Crippen LogP contribution in [-0.4, -0.2) is 15.6 Å². The van der Waals surface area contributed by atoms with Gasteiger partial charge < -0.3 is 0 Å². The number of rotatable bonds is 4. The zero-order valence-corrected chi connectivity index (χ0v) is 9.99. The van der Waals surface area contributed by atoms with Gasteiger partial charge in [-0.15, -0.1) is 0 Å². The molecule has 3 nitrogen and oxygen atoms in total. The molecule has 1 aromatic heterocycles. The monoisotopic (exact) mass is 218 g/mol. The summed E-state index contributed by atoms with van der Waals surface area (Å²) in [7, 11) is 0. The smallest absolute Gasteiger partial charge is 0.155 e. The van der Waals surface area contributed by atoms with Gasteiger partial charge in [-0.25, -0.2) is 0 Å². The van der Waals surface area contributed by atoms with Crippen molar-refractivity contribution in [1.82, 2.24) is 9.78 Å². The summed E-state index contributed by atoms with van der Waals surface area (Å²) in [5.41, 5.74) is 3.63. The van der Waals surface area contributed by atoms with Crippen LogP contribution in [0.25, 0.3) is 0 Å². The first-order valence-electron chi connectivity index (χ1n) is 6.00. The van der Waals surface area contributed by atoms with Crippen molar-refractivity contribution in [3.05, 3.63) is 29.1 Å². The van der Waals surface area contributed by atoms with Crippen molar-refractivity contribution in [2.45, 2.75) is 46.1 Å². The maximum atomic E-state index is 11.2. The van der Waals surface area contributed by atoms with E-state index < -0.39 is 0 Å². The van der Waals surface area contributed by atoms with E-state index in [4.69, 9.17) is 0 Å². The number of ketones is 1. The highest BCUT2D eigenvalue weighted by Gasteiger charge is 2.14. The van der Waals surface area contributed by atoms with Gasteiger partial charge in [0.25, 0.3) is 0 Å². The summed E-state index contributed by atoms with van der Waals surface area (Å²) in [4.78, 5) is 11.2. The summed E-state index contributed by atoms with van der Waals surface area (Å²) in [5.74, 6) is 0.272. The van der Waals surface area contributed by atoms with Gasteiger partial charge in [0.05, 0.1) is 5.69 Å². The molecule has 0 bridgehead atoms. The summed E-state index contributed by atoms with van der Waals surface area (Å²) >= 11 is 0. The molecule has 0 unspecified atom stereocenters. The minimum atomic E-state index is 0.272. The molecule has 2 rings (SSSR count). The van der Waals surface area contributed by atoms with E-state index in [1.54, 1.807) is 6.08 Å². The molecule has 0 saturated heterocycles. The van der Waals surface area contributed by atoms with Gasteiger partial charge in [-0.05, 0) is 31.9 Å². The molecule has 0 amide bonds. The normalized spacial score (nSPS) is 15.6. The lowest BCUT2D eigenvalue weighted by Gasteiger charge is -2.04. The molecule has 1 aliphatic carbocycles. The quantitative estimate of drug-likeness (QED) is 0.777. The van der Waals surface area contributed by atoms with Crippen molar-refractivity contribution >= 4 is 5.78 Å². The topological polar surface area (TPSA) is 34.9 Å². The largest absolute Gasteiger partial charge is 0.295 e. The van der Waals surface area contributed by atoms with Crippen molar-refractivity contribution in [3.8, 4) is 0 Å². The summed E-state index contributed by atoms with van der Waals surface area (Å²) in [6, 6.07) is 2.16. The van der Waals surface area contributed by atoms with Crippen molar-refractivity contribution in [2.75, 3.05) is 0 Å². The zero-order valence-electron chi connectivity index (χ0n) is 9.99. The Balaban J connectivity index is 2.17. The number of allylic oxidation sites excluding steroid dienone is 2. The van der Waals surface area contributed by atoms with Crippen LogP contribution in [0.4, 0.5) is 0 Å². The van der Waals surface area contributed by atoms with Crippen LogP contribution in [0, 0.1) is 0 Å². The molecule has 0 atom stereocenters. The van der Waals surface area contributed by atoms with Crippen molar-refractivity contribution in [1.29, 1.82) is 0 Å². The highest BCUT2D eigenvalue weighted by molar-refractivity contribution is 5.93. The van der Waals surface area contributed by atoms with Gasteiger partial charge in [-0.2, -0.15) is 5.10 Å². The average molecular weight is 218 g/mol. The van der Waals surface area contributed by atoms with Crippen molar-refractivity contribution in [2.24, 2.45) is 0 Å². The van der Waals surface area contributed by atoms with Gasteiger partial charge in [0.2, 0.25) is 0 Å². The van der Waals surface area contributed by atoms with Crippen LogP contribution in [0.5, 0.6) is 0 Å². The molecule has 0 fully saturated rings. The standard InChI is InChI=1S/C13H18N2O/c1-3-11-9-12(15(4-2)14-11)7-10-5-6-13(16)8-10/h8-9H,3-7H2,1-2H3. The van der Waals surface area contributed by atoms with Gasteiger partial charge in [0.15, 0.2) is 5.78 Å². The molecule has 1 aliphatic rings. The third-order valence-corrected chi connectivity index (χ3v) is 3.04. The molecule has 1 heterocycles. The maximum Gasteiger partial charge on any atom is 0.155 e. The predicted octanol–water partition coefficient (Wildman–Crippen LogP) is 2.30. The second-order valence-corrected chi connectivity index (χ2v) is 4.24. The van der Waals surface area contributed by atoms with E-state index in [1.165, 1.54) is 11.3 Å². The minimum Gasteiger partial charge on any atom is -0.295 e. The van der Waals surface area contributed by atoms with Crippen LogP contribution >= 0.6 is 0 Å². The molecule has 0 saturated carbocycles. The Morgan fingerprint density at radius 2 is 2.19 bits per heavy atom. The molecule has 0 aromatic carbocycles.